The van der Waals surface area contributed by atoms with Crippen LogP contribution in [-0.2, 0) is 0 Å². The number of likely N-dealkylation sites (N-methyl/N-ethyl adjacent to an activating group) is 10. The fourth-order valence-electron chi connectivity index (χ4n) is 8.42. The molecule has 6 rings (SSSR count). The van der Waals surface area contributed by atoms with Crippen LogP contribution in [0.15, 0.2) is 0 Å². The Morgan fingerprint density at radius 1 is 0.310 bits per heavy atom. The molecule has 6 aliphatic rings. The number of likely N-dealkylation sites (tertiary alicyclic amines) is 1. The topological polar surface area (TPSA) is 76.1 Å². The van der Waals surface area contributed by atoms with E-state index in [1.807, 2.05) is 69.2 Å². The second kappa shape index (κ2) is 71.4. The van der Waals surface area contributed by atoms with E-state index in [1.165, 1.54) is 193 Å². The normalized spacial score (nSPS) is 19.6. The highest BCUT2D eigenvalue weighted by Crippen LogP contribution is 2.09. The zero-order valence-electron chi connectivity index (χ0n) is 64.3. The Labute approximate surface area is 533 Å². The average Bonchev–Trinajstić information content (AvgIpc) is 3.47. The minimum absolute atomic E-state index is 0.320. The zero-order valence-corrected chi connectivity index (χ0v) is 64.3. The molecule has 2 N–H and O–H groups in total. The van der Waals surface area contributed by atoms with E-state index >= 15 is 0 Å². The molecule has 0 spiro atoms. The maximum absolute atomic E-state index is 8.82. The second-order valence-electron chi connectivity index (χ2n) is 24.9. The van der Waals surface area contributed by atoms with Crippen LogP contribution in [0.3, 0.4) is 0 Å². The fraction of sp³-hybridized carbons (Fsp3) is 1.00. The molecule has 520 valence electrons. The first-order valence-corrected chi connectivity index (χ1v) is 34.9. The molecule has 0 radical (unpaired) electrons. The van der Waals surface area contributed by atoms with Gasteiger partial charge in [0.15, 0.2) is 0 Å². The summed E-state index contributed by atoms with van der Waals surface area (Å²) in [5.41, 5.74) is 0. The van der Waals surface area contributed by atoms with E-state index in [-0.39, 0.29) is 0 Å². The third kappa shape index (κ3) is 75.6. The van der Waals surface area contributed by atoms with Crippen LogP contribution >= 0.6 is 0 Å². The van der Waals surface area contributed by atoms with Crippen molar-refractivity contribution < 1.29 is 23.7 Å². The molecule has 84 heavy (non-hydrogen) atoms. The quantitative estimate of drug-likeness (QED) is 0.184. The van der Waals surface area contributed by atoms with Crippen molar-refractivity contribution in [1.29, 1.82) is 0 Å². The Balaban J connectivity index is -0.000000129. The first kappa shape index (κ1) is 99.6. The summed E-state index contributed by atoms with van der Waals surface area (Å²) in [6.07, 6.45) is 9.31. The van der Waals surface area contributed by atoms with E-state index in [1.54, 1.807) is 0 Å². The van der Waals surface area contributed by atoms with Gasteiger partial charge in [0.25, 0.3) is 0 Å². The zero-order chi connectivity index (χ0) is 67.0. The largest absolute Gasteiger partial charge is 0.391 e. The predicted octanol–water partition coefficient (Wildman–Crippen LogP) is 8.36. The highest BCUT2D eigenvalue weighted by atomic mass is 16.3. The molecule has 16 heteroatoms. The molecule has 0 aliphatic carbocycles. The smallest absolute Gasteiger partial charge is 0.102 e. The van der Waals surface area contributed by atoms with Crippen molar-refractivity contribution in [2.75, 3.05) is 316 Å². The van der Waals surface area contributed by atoms with Crippen molar-refractivity contribution in [3.05, 3.63) is 0 Å². The highest BCUT2D eigenvalue weighted by molar-refractivity contribution is 4.66. The van der Waals surface area contributed by atoms with E-state index in [2.05, 4.69) is 201 Å². The molecule has 0 unspecified atom stereocenters. The SMILES string of the molecule is CC.CC.CC.CC.CC.CCC.CCC.CN(C)CCCN(C)CCCN(C)C.CN1CCCCC1.CN1CCN(C)CC1.CN1CCN(C)CC1.CN1CC[N+](C)(C)CC1.CN1CC[N+](C)(CCO)CC1.CN1CC[N+](C)(CCO)CC1. The summed E-state index contributed by atoms with van der Waals surface area (Å²) in [4.78, 5) is 25.8. The van der Waals surface area contributed by atoms with Gasteiger partial charge in [-0.3, -0.25) is 14.7 Å². The van der Waals surface area contributed by atoms with Crippen LogP contribution in [-0.4, -0.2) is 394 Å². The van der Waals surface area contributed by atoms with Gasteiger partial charge in [-0.1, -0.05) is 116 Å². The van der Waals surface area contributed by atoms with E-state index in [0.29, 0.717) is 13.2 Å². The van der Waals surface area contributed by atoms with Gasteiger partial charge in [0.05, 0.1) is 80.7 Å². The van der Waals surface area contributed by atoms with Gasteiger partial charge in [-0.15, -0.1) is 0 Å². The van der Waals surface area contributed by atoms with Crippen molar-refractivity contribution in [2.45, 2.75) is 142 Å². The van der Waals surface area contributed by atoms with Crippen molar-refractivity contribution in [1.82, 2.24) is 53.9 Å². The molecule has 0 amide bonds. The van der Waals surface area contributed by atoms with Crippen molar-refractivity contribution >= 4 is 0 Å². The molecule has 0 aromatic heterocycles. The number of hydrogen-bond donors (Lipinski definition) is 2. The first-order chi connectivity index (χ1) is 39.7. The third-order valence-corrected chi connectivity index (χ3v) is 14.9. The van der Waals surface area contributed by atoms with Gasteiger partial charge < -0.3 is 62.9 Å². The Morgan fingerprint density at radius 3 is 0.690 bits per heavy atom. The monoisotopic (exact) mass is 1210 g/mol. The van der Waals surface area contributed by atoms with Crippen LogP contribution < -0.4 is 0 Å². The number of piperidine rings is 1. The predicted molar refractivity (Wildman–Crippen MR) is 384 cm³/mol. The van der Waals surface area contributed by atoms with Crippen molar-refractivity contribution in [2.24, 2.45) is 0 Å². The Morgan fingerprint density at radius 2 is 0.512 bits per heavy atom. The van der Waals surface area contributed by atoms with E-state index in [9.17, 15) is 0 Å². The third-order valence-electron chi connectivity index (χ3n) is 14.9. The van der Waals surface area contributed by atoms with Crippen LogP contribution in [0, 0.1) is 0 Å². The number of quaternary nitrogens is 3. The molecule has 0 atom stereocenters. The van der Waals surface area contributed by atoms with Gasteiger partial charge >= 0.3 is 0 Å². The number of rotatable bonds is 12. The van der Waals surface area contributed by atoms with E-state index in [0.717, 1.165) is 48.2 Å². The van der Waals surface area contributed by atoms with Crippen molar-refractivity contribution in [3.63, 3.8) is 0 Å². The van der Waals surface area contributed by atoms with Crippen LogP contribution in [0.5, 0.6) is 0 Å². The number of aliphatic hydroxyl groups is 2. The molecule has 6 aliphatic heterocycles. The minimum Gasteiger partial charge on any atom is -0.391 e. The summed E-state index contributed by atoms with van der Waals surface area (Å²) in [6.45, 7) is 62.8. The fourth-order valence-corrected chi connectivity index (χ4v) is 8.42. The molecule has 6 fully saturated rings. The van der Waals surface area contributed by atoms with Gasteiger partial charge in [-0.25, -0.2) is 0 Å². The van der Waals surface area contributed by atoms with Crippen LogP contribution in [0.2, 0.25) is 0 Å². The molecule has 6 heterocycles. The molecule has 0 aromatic rings. The Bertz CT molecular complexity index is 1060. The summed E-state index contributed by atoms with van der Waals surface area (Å²) in [6, 6.07) is 0. The van der Waals surface area contributed by atoms with E-state index in [4.69, 9.17) is 10.2 Å². The maximum Gasteiger partial charge on any atom is 0.102 e. The lowest BCUT2D eigenvalue weighted by atomic mass is 10.1. The van der Waals surface area contributed by atoms with Gasteiger partial charge in [0.2, 0.25) is 0 Å². The number of nitrogens with zero attached hydrogens (tertiary/aromatic N) is 14. The van der Waals surface area contributed by atoms with Gasteiger partial charge in [0.1, 0.15) is 13.1 Å². The molecule has 0 bridgehead atoms. The molecule has 6 saturated heterocycles. The summed E-state index contributed by atoms with van der Waals surface area (Å²) in [5.74, 6) is 0. The number of piperazine rings is 5. The standard InChI is InChI=1S/C11H27N3.2C8H19N2O.C7H17N2.2C6H14N2.C6H13N.2C3H8.5C2H6/c1-12(2)8-6-10-14(5)11-7-9-13(3)4;2*1-9-3-5-10(2,6-4-9)7-8-11;1-8-4-6-9(2,3)7-5-8;2*1-7-3-5-8(2)6-4-7;1-7-5-3-2-4-6-7;2*1-3-2;5*1-2/h6-11H2,1-5H3;2*11H,3-8H2,1-2H3;4-7H2,1-3H3;2*3-6H2,1-2H3;2-6H2,1H3;2*3H2,1-2H3;5*1-2H3/q;3*+1;;;;;;;;;;. The van der Waals surface area contributed by atoms with Gasteiger partial charge in [-0.2, -0.15) is 0 Å². The van der Waals surface area contributed by atoms with Crippen molar-refractivity contribution in [3.8, 4) is 0 Å². The number of hydrogen-bond acceptors (Lipinski definition) is 13. The number of aliphatic hydroxyl groups excluding tert-OH is 2. The Kier molecular flexibility index (Phi) is 84.7. The Hall–Kier alpha value is -0.640. The second-order valence-corrected chi connectivity index (χ2v) is 24.9. The lowest BCUT2D eigenvalue weighted by Gasteiger charge is -2.40. The maximum atomic E-state index is 8.82. The van der Waals surface area contributed by atoms with E-state index < -0.39 is 0 Å². The average molecular weight is 1220 g/mol. The molecule has 0 saturated carbocycles. The first-order valence-electron chi connectivity index (χ1n) is 34.9. The molecule has 0 aromatic carbocycles. The summed E-state index contributed by atoms with van der Waals surface area (Å²) < 4.78 is 3.28. The van der Waals surface area contributed by atoms with Gasteiger partial charge in [0, 0.05) is 91.6 Å². The van der Waals surface area contributed by atoms with Gasteiger partial charge in [-0.05, 0) is 157 Å². The summed E-state index contributed by atoms with van der Waals surface area (Å²) >= 11 is 0. The molecule has 16 nitrogen and oxygen atoms in total. The highest BCUT2D eigenvalue weighted by Gasteiger charge is 2.27. The lowest BCUT2D eigenvalue weighted by molar-refractivity contribution is -0.913. The van der Waals surface area contributed by atoms with Crippen LogP contribution in [0.25, 0.3) is 0 Å². The molecular formula is C68H169N14O2+3. The summed E-state index contributed by atoms with van der Waals surface area (Å²) in [5, 5.41) is 17.6. The summed E-state index contributed by atoms with van der Waals surface area (Å²) in [7, 11) is 37.2. The molecular weight excluding hydrogens is 1040 g/mol. The lowest BCUT2D eigenvalue weighted by Crippen LogP contribution is -2.57. The minimum atomic E-state index is 0.320. The van der Waals surface area contributed by atoms with Crippen LogP contribution in [0.4, 0.5) is 0 Å². The van der Waals surface area contributed by atoms with Crippen LogP contribution in [0.1, 0.15) is 142 Å².